The fourth-order valence-electron chi connectivity index (χ4n) is 1.53. The van der Waals surface area contributed by atoms with Crippen molar-refractivity contribution in [2.75, 3.05) is 0 Å². The van der Waals surface area contributed by atoms with Crippen molar-refractivity contribution in [1.29, 1.82) is 0 Å². The second-order valence-corrected chi connectivity index (χ2v) is 6.69. The molecule has 0 aliphatic heterocycles. The summed E-state index contributed by atoms with van der Waals surface area (Å²) >= 11 is 9.55. The normalized spacial score (nSPS) is 11.8. The molecule has 5 heteroatoms. The van der Waals surface area contributed by atoms with E-state index in [9.17, 15) is 0 Å². The molecular formula is C14H16BrClN2O. The van der Waals surface area contributed by atoms with Crippen LogP contribution in [0.3, 0.4) is 0 Å². The van der Waals surface area contributed by atoms with Crippen molar-refractivity contribution in [1.82, 2.24) is 10.3 Å². The first kappa shape index (κ1) is 14.6. The van der Waals surface area contributed by atoms with Crippen LogP contribution in [0, 0.1) is 0 Å². The van der Waals surface area contributed by atoms with Crippen LogP contribution in [0.4, 0.5) is 0 Å². The third kappa shape index (κ3) is 4.06. The highest BCUT2D eigenvalue weighted by Crippen LogP contribution is 2.29. The van der Waals surface area contributed by atoms with Gasteiger partial charge < -0.3 is 9.73 Å². The molecule has 0 radical (unpaired) electrons. The fourth-order valence-corrected chi connectivity index (χ4v) is 2.28. The van der Waals surface area contributed by atoms with Crippen molar-refractivity contribution in [3.05, 3.63) is 39.7 Å². The van der Waals surface area contributed by atoms with Crippen LogP contribution in [0.25, 0.3) is 11.5 Å². The summed E-state index contributed by atoms with van der Waals surface area (Å²) in [6, 6.07) is 5.63. The van der Waals surface area contributed by atoms with Gasteiger partial charge >= 0.3 is 0 Å². The predicted molar refractivity (Wildman–Crippen MR) is 81.2 cm³/mol. The van der Waals surface area contributed by atoms with Crippen LogP contribution in [0.5, 0.6) is 0 Å². The summed E-state index contributed by atoms with van der Waals surface area (Å²) < 4.78 is 6.42. The first-order chi connectivity index (χ1) is 8.85. The Hall–Kier alpha value is -0.840. The van der Waals surface area contributed by atoms with Crippen LogP contribution in [-0.2, 0) is 6.54 Å². The van der Waals surface area contributed by atoms with Gasteiger partial charge in [0.2, 0.25) is 5.89 Å². The second-order valence-electron chi connectivity index (χ2n) is 5.37. The van der Waals surface area contributed by atoms with Crippen molar-refractivity contribution in [3.63, 3.8) is 0 Å². The third-order valence-electron chi connectivity index (χ3n) is 2.51. The van der Waals surface area contributed by atoms with Gasteiger partial charge in [-0.1, -0.05) is 27.5 Å². The molecule has 0 atom stereocenters. The van der Waals surface area contributed by atoms with Gasteiger partial charge in [0.1, 0.15) is 6.26 Å². The van der Waals surface area contributed by atoms with Gasteiger partial charge in [0.25, 0.3) is 0 Å². The van der Waals surface area contributed by atoms with E-state index in [4.69, 9.17) is 16.0 Å². The lowest BCUT2D eigenvalue weighted by Gasteiger charge is -2.19. The summed E-state index contributed by atoms with van der Waals surface area (Å²) in [4.78, 5) is 4.45. The van der Waals surface area contributed by atoms with E-state index in [0.717, 1.165) is 15.7 Å². The maximum absolute atomic E-state index is 6.18. The minimum atomic E-state index is 0.0500. The molecule has 1 aromatic heterocycles. The standard InChI is InChI=1S/C14H16BrClN2O/c1-14(2,3)17-7-10-8-19-13(18-10)11-5-4-9(15)6-12(11)16/h4-6,8,17H,7H2,1-3H3. The minimum Gasteiger partial charge on any atom is -0.444 e. The Morgan fingerprint density at radius 3 is 2.74 bits per heavy atom. The largest absolute Gasteiger partial charge is 0.444 e. The molecule has 3 nitrogen and oxygen atoms in total. The molecule has 0 unspecified atom stereocenters. The third-order valence-corrected chi connectivity index (χ3v) is 3.32. The number of hydrogen-bond donors (Lipinski definition) is 1. The monoisotopic (exact) mass is 342 g/mol. The molecule has 0 amide bonds. The first-order valence-corrected chi connectivity index (χ1v) is 7.17. The maximum Gasteiger partial charge on any atom is 0.227 e. The van der Waals surface area contributed by atoms with Crippen molar-refractivity contribution in [2.24, 2.45) is 0 Å². The summed E-state index contributed by atoms with van der Waals surface area (Å²) in [5.74, 6) is 0.545. The van der Waals surface area contributed by atoms with Crippen LogP contribution >= 0.6 is 27.5 Å². The smallest absolute Gasteiger partial charge is 0.227 e. The van der Waals surface area contributed by atoms with E-state index in [1.165, 1.54) is 0 Å². The van der Waals surface area contributed by atoms with Gasteiger partial charge in [0.15, 0.2) is 0 Å². The molecule has 19 heavy (non-hydrogen) atoms. The fraction of sp³-hybridized carbons (Fsp3) is 0.357. The van der Waals surface area contributed by atoms with E-state index in [0.29, 0.717) is 17.5 Å². The molecule has 0 fully saturated rings. The van der Waals surface area contributed by atoms with Crippen LogP contribution in [0.15, 0.2) is 33.4 Å². The Morgan fingerprint density at radius 1 is 1.37 bits per heavy atom. The molecule has 0 saturated carbocycles. The van der Waals surface area contributed by atoms with Crippen molar-refractivity contribution >= 4 is 27.5 Å². The Bertz CT molecular complexity index is 575. The van der Waals surface area contributed by atoms with E-state index in [-0.39, 0.29) is 5.54 Å². The van der Waals surface area contributed by atoms with Gasteiger partial charge in [-0.05, 0) is 39.0 Å². The first-order valence-electron chi connectivity index (χ1n) is 6.00. The zero-order valence-electron chi connectivity index (χ0n) is 11.1. The molecular weight excluding hydrogens is 328 g/mol. The highest BCUT2D eigenvalue weighted by atomic mass is 79.9. The average molecular weight is 344 g/mol. The summed E-state index contributed by atoms with van der Waals surface area (Å²) in [5.41, 5.74) is 1.71. The van der Waals surface area contributed by atoms with Gasteiger partial charge in [0.05, 0.1) is 16.3 Å². The number of hydrogen-bond acceptors (Lipinski definition) is 3. The highest BCUT2D eigenvalue weighted by Gasteiger charge is 2.13. The second kappa shape index (κ2) is 5.65. The van der Waals surface area contributed by atoms with Crippen molar-refractivity contribution in [3.8, 4) is 11.5 Å². The molecule has 2 rings (SSSR count). The molecule has 1 aromatic carbocycles. The molecule has 2 aromatic rings. The Morgan fingerprint density at radius 2 is 2.11 bits per heavy atom. The lowest BCUT2D eigenvalue weighted by Crippen LogP contribution is -2.35. The molecule has 0 saturated heterocycles. The minimum absolute atomic E-state index is 0.0500. The van der Waals surface area contributed by atoms with E-state index in [2.05, 4.69) is 47.0 Å². The lowest BCUT2D eigenvalue weighted by atomic mass is 10.1. The van der Waals surface area contributed by atoms with Crippen molar-refractivity contribution in [2.45, 2.75) is 32.9 Å². The highest BCUT2D eigenvalue weighted by molar-refractivity contribution is 9.10. The molecule has 0 aliphatic carbocycles. The predicted octanol–water partition coefficient (Wildman–Crippen LogP) is 4.65. The summed E-state index contributed by atoms with van der Waals surface area (Å²) in [5, 5.41) is 3.98. The molecule has 0 spiro atoms. The van der Waals surface area contributed by atoms with Gasteiger partial charge in [0, 0.05) is 16.6 Å². The Labute approximate surface area is 126 Å². The van der Waals surface area contributed by atoms with Crippen LogP contribution in [-0.4, -0.2) is 10.5 Å². The Balaban J connectivity index is 2.16. The SMILES string of the molecule is CC(C)(C)NCc1coc(-c2ccc(Br)cc2Cl)n1. The van der Waals surface area contributed by atoms with Gasteiger partial charge in [-0.2, -0.15) is 0 Å². The van der Waals surface area contributed by atoms with Gasteiger partial charge in [-0.15, -0.1) is 0 Å². The summed E-state index contributed by atoms with van der Waals surface area (Å²) in [7, 11) is 0. The van der Waals surface area contributed by atoms with E-state index in [1.807, 2.05) is 18.2 Å². The number of nitrogens with zero attached hydrogens (tertiary/aromatic N) is 1. The number of aromatic nitrogens is 1. The van der Waals surface area contributed by atoms with Crippen LogP contribution in [0.1, 0.15) is 26.5 Å². The molecule has 102 valence electrons. The molecule has 1 heterocycles. The number of halogens is 2. The molecule has 1 N–H and O–H groups in total. The van der Waals surface area contributed by atoms with Gasteiger partial charge in [-0.3, -0.25) is 0 Å². The maximum atomic E-state index is 6.18. The quantitative estimate of drug-likeness (QED) is 0.882. The van der Waals surface area contributed by atoms with Crippen molar-refractivity contribution < 1.29 is 4.42 Å². The average Bonchev–Trinajstić information content (AvgIpc) is 2.74. The van der Waals surface area contributed by atoms with Gasteiger partial charge in [-0.25, -0.2) is 4.98 Å². The molecule has 0 bridgehead atoms. The van der Waals surface area contributed by atoms with E-state index in [1.54, 1.807) is 6.26 Å². The number of rotatable bonds is 3. The van der Waals surface area contributed by atoms with Crippen LogP contribution < -0.4 is 5.32 Å². The van der Waals surface area contributed by atoms with E-state index < -0.39 is 0 Å². The zero-order valence-corrected chi connectivity index (χ0v) is 13.5. The van der Waals surface area contributed by atoms with Crippen LogP contribution in [0.2, 0.25) is 5.02 Å². The molecule has 0 aliphatic rings. The summed E-state index contributed by atoms with van der Waals surface area (Å²) in [6.45, 7) is 7.00. The Kier molecular flexibility index (Phi) is 4.33. The zero-order chi connectivity index (χ0) is 14.0. The number of benzene rings is 1. The topological polar surface area (TPSA) is 38.1 Å². The van der Waals surface area contributed by atoms with E-state index >= 15 is 0 Å². The number of nitrogens with one attached hydrogen (secondary N) is 1. The number of oxazole rings is 1. The lowest BCUT2D eigenvalue weighted by molar-refractivity contribution is 0.421. The summed E-state index contributed by atoms with van der Waals surface area (Å²) in [6.07, 6.45) is 1.66.